The van der Waals surface area contributed by atoms with Crippen molar-refractivity contribution in [1.82, 2.24) is 10.2 Å². The summed E-state index contributed by atoms with van der Waals surface area (Å²) >= 11 is 0. The van der Waals surface area contributed by atoms with Gasteiger partial charge >= 0.3 is 12.0 Å². The molecular formula is C13H24N2O4. The molecule has 1 heterocycles. The molecule has 0 saturated carbocycles. The number of hydrogen-bond acceptors (Lipinski definition) is 3. The van der Waals surface area contributed by atoms with Gasteiger partial charge in [0.25, 0.3) is 0 Å². The summed E-state index contributed by atoms with van der Waals surface area (Å²) in [4.78, 5) is 24.3. The van der Waals surface area contributed by atoms with Crippen molar-refractivity contribution < 1.29 is 19.4 Å². The summed E-state index contributed by atoms with van der Waals surface area (Å²) in [6, 6.07) is -0.199. The van der Waals surface area contributed by atoms with Gasteiger partial charge in [-0.1, -0.05) is 20.3 Å². The van der Waals surface area contributed by atoms with Gasteiger partial charge < -0.3 is 20.1 Å². The number of carbonyl (C=O) groups excluding carboxylic acids is 1. The van der Waals surface area contributed by atoms with E-state index in [0.29, 0.717) is 32.8 Å². The minimum Gasteiger partial charge on any atom is -0.481 e. The Morgan fingerprint density at radius 3 is 2.68 bits per heavy atom. The molecule has 1 fully saturated rings. The Bertz CT molecular complexity index is 309. The van der Waals surface area contributed by atoms with Crippen LogP contribution in [0.3, 0.4) is 0 Å². The van der Waals surface area contributed by atoms with Crippen molar-refractivity contribution in [2.75, 3.05) is 32.8 Å². The summed E-state index contributed by atoms with van der Waals surface area (Å²) in [6.45, 7) is 6.42. The van der Waals surface area contributed by atoms with Crippen molar-refractivity contribution in [2.45, 2.75) is 26.7 Å². The second-order valence-corrected chi connectivity index (χ2v) is 5.02. The van der Waals surface area contributed by atoms with E-state index in [1.807, 2.05) is 6.92 Å². The van der Waals surface area contributed by atoms with Gasteiger partial charge in [0, 0.05) is 26.2 Å². The highest BCUT2D eigenvalue weighted by Crippen LogP contribution is 2.22. The SMILES string of the molecule is CCCCOCCNC(=O)N1CC(C)C(C(=O)O)C1. The highest BCUT2D eigenvalue weighted by Gasteiger charge is 2.36. The van der Waals surface area contributed by atoms with E-state index in [1.54, 1.807) is 4.90 Å². The van der Waals surface area contributed by atoms with Crippen molar-refractivity contribution >= 4 is 12.0 Å². The molecule has 110 valence electrons. The van der Waals surface area contributed by atoms with Gasteiger partial charge in [-0.05, 0) is 12.3 Å². The fourth-order valence-corrected chi connectivity index (χ4v) is 2.14. The van der Waals surface area contributed by atoms with Crippen LogP contribution in [0.1, 0.15) is 26.7 Å². The van der Waals surface area contributed by atoms with Gasteiger partial charge in [-0.2, -0.15) is 0 Å². The molecule has 1 saturated heterocycles. The number of nitrogens with one attached hydrogen (secondary N) is 1. The maximum Gasteiger partial charge on any atom is 0.317 e. The van der Waals surface area contributed by atoms with Gasteiger partial charge in [-0.25, -0.2) is 4.79 Å². The molecule has 6 nitrogen and oxygen atoms in total. The van der Waals surface area contributed by atoms with Crippen LogP contribution in [0.4, 0.5) is 4.79 Å². The molecule has 0 aromatic carbocycles. The maximum atomic E-state index is 11.8. The largest absolute Gasteiger partial charge is 0.481 e. The first kappa shape index (κ1) is 15.8. The molecule has 0 aliphatic carbocycles. The normalized spacial score (nSPS) is 22.5. The Morgan fingerprint density at radius 1 is 1.37 bits per heavy atom. The number of hydrogen-bond donors (Lipinski definition) is 2. The van der Waals surface area contributed by atoms with E-state index in [0.717, 1.165) is 12.8 Å². The molecule has 0 radical (unpaired) electrons. The second-order valence-electron chi connectivity index (χ2n) is 5.02. The molecule has 1 rings (SSSR count). The van der Waals surface area contributed by atoms with Crippen molar-refractivity contribution in [3.63, 3.8) is 0 Å². The third-order valence-corrected chi connectivity index (χ3v) is 3.38. The van der Waals surface area contributed by atoms with Crippen LogP contribution in [0.15, 0.2) is 0 Å². The average molecular weight is 272 g/mol. The average Bonchev–Trinajstić information content (AvgIpc) is 2.75. The smallest absolute Gasteiger partial charge is 0.317 e. The minimum absolute atomic E-state index is 0.00375. The predicted octanol–water partition coefficient (Wildman–Crippen LogP) is 1.17. The standard InChI is InChI=1S/C13H24N2O4/c1-3-4-6-19-7-5-14-13(18)15-8-10(2)11(9-15)12(16)17/h10-11H,3-9H2,1-2H3,(H,14,18)(H,16,17). The molecule has 0 aromatic rings. The Morgan fingerprint density at radius 2 is 2.11 bits per heavy atom. The number of ether oxygens (including phenoxy) is 1. The lowest BCUT2D eigenvalue weighted by Crippen LogP contribution is -2.40. The van der Waals surface area contributed by atoms with Crippen LogP contribution in [0.5, 0.6) is 0 Å². The molecule has 0 aromatic heterocycles. The Hall–Kier alpha value is -1.30. The predicted molar refractivity (Wildman–Crippen MR) is 71.0 cm³/mol. The molecular weight excluding hydrogens is 248 g/mol. The van der Waals surface area contributed by atoms with Crippen LogP contribution in [0.2, 0.25) is 0 Å². The van der Waals surface area contributed by atoms with Crippen LogP contribution in [0.25, 0.3) is 0 Å². The van der Waals surface area contributed by atoms with Crippen molar-refractivity contribution in [3.8, 4) is 0 Å². The monoisotopic (exact) mass is 272 g/mol. The Kier molecular flexibility index (Phi) is 6.62. The topological polar surface area (TPSA) is 78.9 Å². The number of carbonyl (C=O) groups is 2. The van der Waals surface area contributed by atoms with E-state index in [-0.39, 0.29) is 11.9 Å². The van der Waals surface area contributed by atoms with E-state index in [4.69, 9.17) is 9.84 Å². The van der Waals surface area contributed by atoms with Gasteiger partial charge in [0.15, 0.2) is 0 Å². The van der Waals surface area contributed by atoms with Crippen LogP contribution in [-0.2, 0) is 9.53 Å². The third-order valence-electron chi connectivity index (χ3n) is 3.38. The van der Waals surface area contributed by atoms with Crippen molar-refractivity contribution in [2.24, 2.45) is 11.8 Å². The van der Waals surface area contributed by atoms with E-state index >= 15 is 0 Å². The van der Waals surface area contributed by atoms with E-state index in [2.05, 4.69) is 12.2 Å². The van der Waals surface area contributed by atoms with Crippen LogP contribution in [0, 0.1) is 11.8 Å². The summed E-state index contributed by atoms with van der Waals surface area (Å²) in [6.07, 6.45) is 2.12. The van der Waals surface area contributed by atoms with E-state index in [1.165, 1.54) is 0 Å². The lowest BCUT2D eigenvalue weighted by Gasteiger charge is -2.16. The number of carboxylic acid groups (broad SMARTS) is 1. The first-order valence-electron chi connectivity index (χ1n) is 6.89. The third kappa shape index (κ3) is 5.06. The lowest BCUT2D eigenvalue weighted by molar-refractivity contribution is -0.142. The maximum absolute atomic E-state index is 11.8. The summed E-state index contributed by atoms with van der Waals surface area (Å²) in [5.74, 6) is -1.28. The quantitative estimate of drug-likeness (QED) is 0.682. The van der Waals surface area contributed by atoms with Crippen LogP contribution >= 0.6 is 0 Å². The zero-order chi connectivity index (χ0) is 14.3. The highest BCUT2D eigenvalue weighted by atomic mass is 16.5. The van der Waals surface area contributed by atoms with Crippen molar-refractivity contribution in [3.05, 3.63) is 0 Å². The van der Waals surface area contributed by atoms with Gasteiger partial charge in [-0.3, -0.25) is 4.79 Å². The number of aliphatic carboxylic acids is 1. The summed E-state index contributed by atoms with van der Waals surface area (Å²) in [5.41, 5.74) is 0. The highest BCUT2D eigenvalue weighted by molar-refractivity contribution is 5.77. The molecule has 19 heavy (non-hydrogen) atoms. The minimum atomic E-state index is -0.828. The zero-order valence-corrected chi connectivity index (χ0v) is 11.7. The molecule has 2 N–H and O–H groups in total. The second kappa shape index (κ2) is 7.99. The summed E-state index contributed by atoms with van der Waals surface area (Å²) < 4.78 is 5.34. The number of carboxylic acids is 1. The molecule has 1 aliphatic heterocycles. The Labute approximate surface area is 114 Å². The molecule has 0 spiro atoms. The first-order chi connectivity index (χ1) is 9.06. The van der Waals surface area contributed by atoms with Gasteiger partial charge in [0.05, 0.1) is 12.5 Å². The Balaban J connectivity index is 2.19. The molecule has 2 unspecified atom stereocenters. The van der Waals surface area contributed by atoms with Crippen molar-refractivity contribution in [1.29, 1.82) is 0 Å². The van der Waals surface area contributed by atoms with Crippen LogP contribution < -0.4 is 5.32 Å². The van der Waals surface area contributed by atoms with Crippen LogP contribution in [-0.4, -0.2) is 54.9 Å². The van der Waals surface area contributed by atoms with Gasteiger partial charge in [0.2, 0.25) is 0 Å². The zero-order valence-electron chi connectivity index (χ0n) is 11.7. The van der Waals surface area contributed by atoms with Gasteiger partial charge in [-0.15, -0.1) is 0 Å². The molecule has 2 atom stereocenters. The number of nitrogens with zero attached hydrogens (tertiary/aromatic N) is 1. The molecule has 2 amide bonds. The number of unbranched alkanes of at least 4 members (excludes halogenated alkanes) is 1. The fourth-order valence-electron chi connectivity index (χ4n) is 2.14. The van der Waals surface area contributed by atoms with E-state index in [9.17, 15) is 9.59 Å². The number of urea groups is 1. The molecule has 6 heteroatoms. The first-order valence-corrected chi connectivity index (χ1v) is 6.89. The number of amides is 2. The van der Waals surface area contributed by atoms with E-state index < -0.39 is 11.9 Å². The number of likely N-dealkylation sites (tertiary alicyclic amines) is 1. The summed E-state index contributed by atoms with van der Waals surface area (Å²) in [5, 5.41) is 11.8. The molecule has 1 aliphatic rings. The number of rotatable bonds is 7. The van der Waals surface area contributed by atoms with Gasteiger partial charge in [0.1, 0.15) is 0 Å². The fraction of sp³-hybridized carbons (Fsp3) is 0.846. The summed E-state index contributed by atoms with van der Waals surface area (Å²) in [7, 11) is 0. The lowest BCUT2D eigenvalue weighted by atomic mass is 9.99. The molecule has 0 bridgehead atoms.